The smallest absolute Gasteiger partial charge is 0.142 e. The summed E-state index contributed by atoms with van der Waals surface area (Å²) in [6.45, 7) is 3.78. The Labute approximate surface area is 83.1 Å². The van der Waals surface area contributed by atoms with E-state index in [9.17, 15) is 9.59 Å². The molecule has 2 rings (SSSR count). The van der Waals surface area contributed by atoms with Crippen molar-refractivity contribution in [1.29, 1.82) is 0 Å². The Balaban J connectivity index is 2.32. The molecular weight excluding hydrogens is 180 g/mol. The van der Waals surface area contributed by atoms with Crippen molar-refractivity contribution in [2.24, 2.45) is 5.92 Å². The van der Waals surface area contributed by atoms with Gasteiger partial charge in [-0.3, -0.25) is 4.79 Å². The first-order chi connectivity index (χ1) is 6.49. The quantitative estimate of drug-likeness (QED) is 0.491. The molecule has 14 heavy (non-hydrogen) atoms. The average Bonchev–Trinajstić information content (AvgIpc) is 2.34. The van der Waals surface area contributed by atoms with E-state index in [2.05, 4.69) is 0 Å². The first kappa shape index (κ1) is 9.59. The molecule has 2 aliphatic rings. The number of rotatable bonds is 2. The van der Waals surface area contributed by atoms with Crippen molar-refractivity contribution in [2.75, 3.05) is 0 Å². The van der Waals surface area contributed by atoms with Gasteiger partial charge in [0.25, 0.3) is 0 Å². The van der Waals surface area contributed by atoms with Crippen molar-refractivity contribution in [2.45, 2.75) is 37.9 Å². The second kappa shape index (κ2) is 2.76. The predicted octanol–water partition coefficient (Wildman–Crippen LogP) is 1.27. The fraction of sp³-hybridized carbons (Fsp3) is 0.636. The van der Waals surface area contributed by atoms with E-state index >= 15 is 0 Å². The lowest BCUT2D eigenvalue weighted by Crippen LogP contribution is -2.49. The Morgan fingerprint density at radius 2 is 2.29 bits per heavy atom. The topological polar surface area (TPSA) is 43.4 Å². The van der Waals surface area contributed by atoms with Crippen molar-refractivity contribution in [3.63, 3.8) is 0 Å². The largest absolute Gasteiger partial charge is 0.360 e. The normalized spacial score (nSPS) is 45.6. The molecule has 0 aromatic carbocycles. The van der Waals surface area contributed by atoms with Crippen LogP contribution in [0.25, 0.3) is 0 Å². The molecule has 0 radical (unpaired) electrons. The van der Waals surface area contributed by atoms with Crippen molar-refractivity contribution >= 4 is 12.1 Å². The van der Waals surface area contributed by atoms with E-state index in [0.717, 1.165) is 6.29 Å². The van der Waals surface area contributed by atoms with Gasteiger partial charge in [0, 0.05) is 12.8 Å². The van der Waals surface area contributed by atoms with Crippen molar-refractivity contribution in [3.8, 4) is 0 Å². The molecule has 0 aromatic rings. The van der Waals surface area contributed by atoms with Gasteiger partial charge in [0.1, 0.15) is 12.1 Å². The van der Waals surface area contributed by atoms with Crippen molar-refractivity contribution in [1.82, 2.24) is 0 Å². The van der Waals surface area contributed by atoms with Crippen LogP contribution in [0.15, 0.2) is 12.2 Å². The second-order valence-electron chi connectivity index (χ2n) is 4.53. The summed E-state index contributed by atoms with van der Waals surface area (Å²) in [6.07, 6.45) is 5.31. The summed E-state index contributed by atoms with van der Waals surface area (Å²) in [7, 11) is 0. The van der Waals surface area contributed by atoms with Crippen LogP contribution in [0.5, 0.6) is 0 Å². The van der Waals surface area contributed by atoms with Crippen LogP contribution in [-0.4, -0.2) is 23.3 Å². The molecule has 0 N–H and O–H groups in total. The van der Waals surface area contributed by atoms with Crippen LogP contribution in [0, 0.1) is 5.92 Å². The molecule has 0 spiro atoms. The molecule has 1 fully saturated rings. The molecule has 76 valence electrons. The summed E-state index contributed by atoms with van der Waals surface area (Å²) in [5, 5.41) is 0. The lowest BCUT2D eigenvalue weighted by atomic mass is 9.80. The summed E-state index contributed by atoms with van der Waals surface area (Å²) in [6, 6.07) is 0. The fourth-order valence-corrected chi connectivity index (χ4v) is 2.44. The molecule has 0 aliphatic carbocycles. The Morgan fingerprint density at radius 3 is 2.93 bits per heavy atom. The number of carbonyl (C=O) groups is 2. The van der Waals surface area contributed by atoms with Crippen LogP contribution >= 0.6 is 0 Å². The van der Waals surface area contributed by atoms with E-state index in [0.29, 0.717) is 6.42 Å². The van der Waals surface area contributed by atoms with Gasteiger partial charge in [0.2, 0.25) is 0 Å². The molecule has 0 aromatic heterocycles. The first-order valence-corrected chi connectivity index (χ1v) is 4.86. The number of fused-ring (bicyclic) bond motifs is 2. The number of hydrogen-bond acceptors (Lipinski definition) is 3. The minimum Gasteiger partial charge on any atom is -0.360 e. The molecule has 2 heterocycles. The first-order valence-electron chi connectivity index (χ1n) is 4.86. The Morgan fingerprint density at radius 1 is 1.57 bits per heavy atom. The van der Waals surface area contributed by atoms with Gasteiger partial charge in [-0.1, -0.05) is 12.2 Å². The van der Waals surface area contributed by atoms with Crippen LogP contribution < -0.4 is 0 Å². The third-order valence-corrected chi connectivity index (χ3v) is 3.16. The number of hydrogen-bond donors (Lipinski definition) is 0. The molecule has 1 saturated heterocycles. The van der Waals surface area contributed by atoms with E-state index in [4.69, 9.17) is 4.74 Å². The van der Waals surface area contributed by atoms with Gasteiger partial charge in [0.15, 0.2) is 0 Å². The minimum atomic E-state index is -0.564. The second-order valence-corrected chi connectivity index (χ2v) is 4.53. The van der Waals surface area contributed by atoms with E-state index in [1.54, 1.807) is 0 Å². The van der Waals surface area contributed by atoms with Gasteiger partial charge in [-0.25, -0.2) is 0 Å². The van der Waals surface area contributed by atoms with Gasteiger partial charge in [-0.15, -0.1) is 0 Å². The van der Waals surface area contributed by atoms with Crippen molar-refractivity contribution < 1.29 is 14.3 Å². The zero-order valence-corrected chi connectivity index (χ0v) is 8.45. The number of carbonyl (C=O) groups excluding carboxylic acids is 2. The highest BCUT2D eigenvalue weighted by Crippen LogP contribution is 2.45. The third kappa shape index (κ3) is 1.23. The minimum absolute atomic E-state index is 0.137. The van der Waals surface area contributed by atoms with Gasteiger partial charge >= 0.3 is 0 Å². The Hall–Kier alpha value is -0.960. The highest BCUT2D eigenvalue weighted by molar-refractivity contribution is 5.87. The van der Waals surface area contributed by atoms with Gasteiger partial charge in [-0.05, 0) is 13.8 Å². The summed E-state index contributed by atoms with van der Waals surface area (Å²) in [4.78, 5) is 22.3. The van der Waals surface area contributed by atoms with Crippen LogP contribution in [0.4, 0.5) is 0 Å². The highest BCUT2D eigenvalue weighted by Gasteiger charge is 2.52. The zero-order chi connectivity index (χ0) is 10.4. The summed E-state index contributed by atoms with van der Waals surface area (Å²) in [5.41, 5.74) is -1.00. The number of ketones is 1. The van der Waals surface area contributed by atoms with E-state index in [1.165, 1.54) is 0 Å². The number of aldehydes is 1. The van der Waals surface area contributed by atoms with E-state index < -0.39 is 11.2 Å². The maximum atomic E-state index is 11.8. The standard InChI is InChI=1S/C11H14O3/c1-10-4-5-11(2,14-10)8(3-6-12)9(13)7-10/h4-6,8H,3,7H2,1-2H3/t8-,10+,11-/m1/s1. The number of ether oxygens (including phenoxy) is 1. The van der Waals surface area contributed by atoms with Gasteiger partial charge in [-0.2, -0.15) is 0 Å². The summed E-state index contributed by atoms with van der Waals surface area (Å²) in [5.74, 6) is -0.162. The van der Waals surface area contributed by atoms with Crippen molar-refractivity contribution in [3.05, 3.63) is 12.2 Å². The number of Topliss-reactive ketones (excluding diaryl/α,β-unsaturated/α-hetero) is 1. The van der Waals surface area contributed by atoms with Crippen LogP contribution in [-0.2, 0) is 14.3 Å². The molecule has 0 amide bonds. The molecule has 2 aliphatic heterocycles. The highest BCUT2D eigenvalue weighted by atomic mass is 16.5. The third-order valence-electron chi connectivity index (χ3n) is 3.16. The lowest BCUT2D eigenvalue weighted by Gasteiger charge is -2.40. The Kier molecular flexibility index (Phi) is 1.89. The van der Waals surface area contributed by atoms with E-state index in [-0.39, 0.29) is 18.1 Å². The lowest BCUT2D eigenvalue weighted by molar-refractivity contribution is -0.164. The Bertz CT molecular complexity index is 320. The molecule has 0 saturated carbocycles. The van der Waals surface area contributed by atoms with Gasteiger partial charge in [0.05, 0.1) is 17.1 Å². The molecule has 3 nitrogen and oxygen atoms in total. The monoisotopic (exact) mass is 194 g/mol. The molecule has 2 bridgehead atoms. The zero-order valence-electron chi connectivity index (χ0n) is 8.45. The maximum absolute atomic E-state index is 11.8. The molecule has 3 atom stereocenters. The summed E-state index contributed by atoms with van der Waals surface area (Å²) >= 11 is 0. The van der Waals surface area contributed by atoms with Crippen LogP contribution in [0.3, 0.4) is 0 Å². The average molecular weight is 194 g/mol. The van der Waals surface area contributed by atoms with Crippen LogP contribution in [0.1, 0.15) is 26.7 Å². The fourth-order valence-electron chi connectivity index (χ4n) is 2.44. The molecular formula is C11H14O3. The molecule has 3 heteroatoms. The van der Waals surface area contributed by atoms with Crippen LogP contribution in [0.2, 0.25) is 0 Å². The SMILES string of the molecule is C[C@@]12C=C[C@@](C)(O1)[C@H](CC=O)C(=O)C2. The predicted molar refractivity (Wildman–Crippen MR) is 50.8 cm³/mol. The molecule has 0 unspecified atom stereocenters. The van der Waals surface area contributed by atoms with Gasteiger partial charge < -0.3 is 9.53 Å². The maximum Gasteiger partial charge on any atom is 0.142 e. The van der Waals surface area contributed by atoms with E-state index in [1.807, 2.05) is 26.0 Å². The summed E-state index contributed by atoms with van der Waals surface area (Å²) < 4.78 is 5.82.